The Balaban J connectivity index is 3.20. The molecule has 0 aliphatic heterocycles. The Hall–Kier alpha value is -0.570. The fourth-order valence-electron chi connectivity index (χ4n) is 0.559. The number of amides is 1. The number of hydrogen-bond acceptors (Lipinski definition) is 2. The molecule has 0 heterocycles. The first-order valence-electron chi connectivity index (χ1n) is 3.15. The lowest BCUT2D eigenvalue weighted by atomic mass is 10.4. The van der Waals surface area contributed by atoms with Crippen LogP contribution in [0, 0.1) is 0 Å². The highest BCUT2D eigenvalue weighted by molar-refractivity contribution is 5.46. The Morgan fingerprint density at radius 3 is 2.67 bits per heavy atom. The summed E-state index contributed by atoms with van der Waals surface area (Å²) in [7, 11) is 0. The van der Waals surface area contributed by atoms with Gasteiger partial charge < -0.3 is 10.0 Å². The molecule has 3 nitrogen and oxygen atoms in total. The Morgan fingerprint density at radius 1 is 1.67 bits per heavy atom. The minimum absolute atomic E-state index is 0.157. The smallest absolute Gasteiger partial charge is 0.209 e. The SMILES string of the molecule is CCN(C=O)CCCO. The Bertz CT molecular complexity index is 75.5. The molecule has 0 unspecified atom stereocenters. The molecule has 0 aromatic carbocycles. The summed E-state index contributed by atoms with van der Waals surface area (Å²) in [6.07, 6.45) is 1.47. The van der Waals surface area contributed by atoms with Crippen molar-refractivity contribution in [2.45, 2.75) is 13.3 Å². The molecule has 0 bridgehead atoms. The van der Waals surface area contributed by atoms with Crippen LogP contribution in [0.4, 0.5) is 0 Å². The first kappa shape index (κ1) is 8.43. The molecule has 0 spiro atoms. The van der Waals surface area contributed by atoms with Gasteiger partial charge in [-0.1, -0.05) is 0 Å². The van der Waals surface area contributed by atoms with E-state index in [1.165, 1.54) is 0 Å². The summed E-state index contributed by atoms with van der Waals surface area (Å²) >= 11 is 0. The number of nitrogens with zero attached hydrogens (tertiary/aromatic N) is 1. The van der Waals surface area contributed by atoms with Crippen molar-refractivity contribution in [2.24, 2.45) is 0 Å². The molecule has 0 atom stereocenters. The van der Waals surface area contributed by atoms with Crippen molar-refractivity contribution >= 4 is 6.41 Å². The van der Waals surface area contributed by atoms with Crippen molar-refractivity contribution in [1.29, 1.82) is 0 Å². The molecule has 1 N–H and O–H groups in total. The average Bonchev–Trinajstić information content (AvgIpc) is 1.91. The zero-order valence-electron chi connectivity index (χ0n) is 5.71. The van der Waals surface area contributed by atoms with Crippen molar-refractivity contribution < 1.29 is 9.90 Å². The van der Waals surface area contributed by atoms with E-state index in [1.54, 1.807) is 4.90 Å². The lowest BCUT2D eigenvalue weighted by molar-refractivity contribution is -0.118. The molecule has 0 aliphatic carbocycles. The third kappa shape index (κ3) is 3.97. The van der Waals surface area contributed by atoms with E-state index >= 15 is 0 Å². The minimum Gasteiger partial charge on any atom is -0.396 e. The number of carbonyl (C=O) groups is 1. The van der Waals surface area contributed by atoms with Gasteiger partial charge in [-0.2, -0.15) is 0 Å². The molecule has 0 aliphatic rings. The van der Waals surface area contributed by atoms with E-state index in [-0.39, 0.29) is 6.61 Å². The maximum Gasteiger partial charge on any atom is 0.209 e. The Labute approximate surface area is 55.3 Å². The van der Waals surface area contributed by atoms with E-state index in [1.807, 2.05) is 6.92 Å². The molecular formula is C6H13NO2. The molecule has 0 fully saturated rings. The summed E-state index contributed by atoms with van der Waals surface area (Å²) in [6, 6.07) is 0. The lowest BCUT2D eigenvalue weighted by Crippen LogP contribution is -2.22. The van der Waals surface area contributed by atoms with Gasteiger partial charge in [-0.25, -0.2) is 0 Å². The molecule has 3 heteroatoms. The zero-order chi connectivity index (χ0) is 7.11. The topological polar surface area (TPSA) is 40.5 Å². The first-order valence-corrected chi connectivity index (χ1v) is 3.15. The summed E-state index contributed by atoms with van der Waals surface area (Å²) in [6.45, 7) is 3.45. The van der Waals surface area contributed by atoms with Crippen molar-refractivity contribution in [1.82, 2.24) is 4.90 Å². The van der Waals surface area contributed by atoms with Crippen molar-refractivity contribution in [2.75, 3.05) is 19.7 Å². The van der Waals surface area contributed by atoms with Crippen LogP contribution in [0.25, 0.3) is 0 Å². The lowest BCUT2D eigenvalue weighted by Gasteiger charge is -2.12. The van der Waals surface area contributed by atoms with Gasteiger partial charge in [0.25, 0.3) is 0 Å². The molecule has 0 saturated carbocycles. The van der Waals surface area contributed by atoms with Crippen LogP contribution in [0.5, 0.6) is 0 Å². The van der Waals surface area contributed by atoms with Crippen LogP contribution >= 0.6 is 0 Å². The van der Waals surface area contributed by atoms with Crippen LogP contribution in [-0.2, 0) is 4.79 Å². The molecule has 0 rings (SSSR count). The summed E-state index contributed by atoms with van der Waals surface area (Å²) in [5.74, 6) is 0. The van der Waals surface area contributed by atoms with Gasteiger partial charge in [-0.15, -0.1) is 0 Å². The zero-order valence-corrected chi connectivity index (χ0v) is 5.71. The summed E-state index contributed by atoms with van der Waals surface area (Å²) in [5.41, 5.74) is 0. The van der Waals surface area contributed by atoms with Crippen LogP contribution in [0.3, 0.4) is 0 Å². The maximum atomic E-state index is 10.1. The standard InChI is InChI=1S/C6H13NO2/c1-2-7(6-9)4-3-5-8/h6,8H,2-5H2,1H3. The second-order valence-corrected chi connectivity index (χ2v) is 1.81. The molecule has 0 aromatic heterocycles. The first-order chi connectivity index (χ1) is 4.35. The molecule has 54 valence electrons. The van der Waals surface area contributed by atoms with E-state index in [4.69, 9.17) is 5.11 Å². The highest BCUT2D eigenvalue weighted by Gasteiger charge is 1.94. The highest BCUT2D eigenvalue weighted by atomic mass is 16.3. The number of rotatable bonds is 5. The molecule has 1 amide bonds. The average molecular weight is 131 g/mol. The number of aliphatic hydroxyl groups excluding tert-OH is 1. The summed E-state index contributed by atoms with van der Waals surface area (Å²) in [4.78, 5) is 11.7. The molecule has 0 saturated heterocycles. The van der Waals surface area contributed by atoms with Crippen LogP contribution in [-0.4, -0.2) is 36.1 Å². The van der Waals surface area contributed by atoms with Crippen molar-refractivity contribution in [3.63, 3.8) is 0 Å². The summed E-state index contributed by atoms with van der Waals surface area (Å²) in [5, 5.41) is 8.36. The van der Waals surface area contributed by atoms with Crippen LogP contribution < -0.4 is 0 Å². The normalized spacial score (nSPS) is 9.11. The minimum atomic E-state index is 0.157. The quantitative estimate of drug-likeness (QED) is 0.527. The maximum absolute atomic E-state index is 10.1. The monoisotopic (exact) mass is 131 g/mol. The fraction of sp³-hybridized carbons (Fsp3) is 0.833. The van der Waals surface area contributed by atoms with Gasteiger partial charge in [0.1, 0.15) is 0 Å². The van der Waals surface area contributed by atoms with E-state index in [9.17, 15) is 4.79 Å². The number of carbonyl (C=O) groups excluding carboxylic acids is 1. The molecule has 0 radical (unpaired) electrons. The largest absolute Gasteiger partial charge is 0.396 e. The second kappa shape index (κ2) is 5.56. The second-order valence-electron chi connectivity index (χ2n) is 1.81. The van der Waals surface area contributed by atoms with Gasteiger partial charge in [-0.05, 0) is 13.3 Å². The predicted molar refractivity (Wildman–Crippen MR) is 35.0 cm³/mol. The number of aliphatic hydroxyl groups is 1. The third-order valence-corrected chi connectivity index (χ3v) is 1.16. The van der Waals surface area contributed by atoms with Crippen LogP contribution in [0.2, 0.25) is 0 Å². The molecular weight excluding hydrogens is 118 g/mol. The van der Waals surface area contributed by atoms with E-state index in [0.717, 1.165) is 13.0 Å². The van der Waals surface area contributed by atoms with E-state index in [2.05, 4.69) is 0 Å². The Morgan fingerprint density at radius 2 is 2.33 bits per heavy atom. The Kier molecular flexibility index (Phi) is 5.21. The van der Waals surface area contributed by atoms with Crippen LogP contribution in [0.1, 0.15) is 13.3 Å². The highest BCUT2D eigenvalue weighted by Crippen LogP contribution is 1.84. The number of hydrogen-bond donors (Lipinski definition) is 1. The van der Waals surface area contributed by atoms with Crippen molar-refractivity contribution in [3.05, 3.63) is 0 Å². The van der Waals surface area contributed by atoms with E-state index in [0.29, 0.717) is 13.0 Å². The van der Waals surface area contributed by atoms with Gasteiger partial charge in [0.2, 0.25) is 6.41 Å². The third-order valence-electron chi connectivity index (χ3n) is 1.16. The van der Waals surface area contributed by atoms with Gasteiger partial charge in [0, 0.05) is 19.7 Å². The van der Waals surface area contributed by atoms with Gasteiger partial charge in [0.05, 0.1) is 0 Å². The van der Waals surface area contributed by atoms with Gasteiger partial charge >= 0.3 is 0 Å². The van der Waals surface area contributed by atoms with Gasteiger partial charge in [0.15, 0.2) is 0 Å². The predicted octanol–water partition coefficient (Wildman–Crippen LogP) is -0.153. The van der Waals surface area contributed by atoms with Gasteiger partial charge in [-0.3, -0.25) is 4.79 Å². The van der Waals surface area contributed by atoms with E-state index < -0.39 is 0 Å². The molecule has 0 aromatic rings. The fourth-order valence-corrected chi connectivity index (χ4v) is 0.559. The van der Waals surface area contributed by atoms with Crippen molar-refractivity contribution in [3.8, 4) is 0 Å². The van der Waals surface area contributed by atoms with Crippen LogP contribution in [0.15, 0.2) is 0 Å². The summed E-state index contributed by atoms with van der Waals surface area (Å²) < 4.78 is 0. The molecule has 9 heavy (non-hydrogen) atoms.